The van der Waals surface area contributed by atoms with Crippen LogP contribution >= 0.6 is 12.2 Å². The van der Waals surface area contributed by atoms with Gasteiger partial charge in [-0.1, -0.05) is 38.5 Å². The van der Waals surface area contributed by atoms with E-state index in [4.69, 9.17) is 12.2 Å². The second kappa shape index (κ2) is 6.35. The molecule has 1 aromatic heterocycles. The van der Waals surface area contributed by atoms with Crippen LogP contribution in [0.1, 0.15) is 32.2 Å². The van der Waals surface area contributed by atoms with E-state index in [-0.39, 0.29) is 0 Å². The maximum Gasteiger partial charge on any atom is 0.199 e. The first-order valence-electron chi connectivity index (χ1n) is 5.95. The average molecular weight is 249 g/mol. The third-order valence-corrected chi connectivity index (χ3v) is 2.62. The third kappa shape index (κ3) is 3.03. The predicted molar refractivity (Wildman–Crippen MR) is 74.2 cm³/mol. The number of hydrogen-bond donors (Lipinski definition) is 1. The molecule has 0 radical (unpaired) electrons. The van der Waals surface area contributed by atoms with E-state index in [2.05, 4.69) is 48.3 Å². The molecule has 0 saturated heterocycles. The Labute approximate surface area is 108 Å². The van der Waals surface area contributed by atoms with Crippen LogP contribution in [0.3, 0.4) is 0 Å². The molecular formula is C13H19N3S. The maximum absolute atomic E-state index is 5.20. The standard InChI is InChI=1S/C11H13N3S.C2H6/c1-3-10-12-13-11(15)14(10)9-6-4-8(2)5-7-9;1-2/h4-7H,3H2,1-2H3,(H,13,15);1-2H3. The van der Waals surface area contributed by atoms with Crippen molar-refractivity contribution in [3.05, 3.63) is 40.4 Å². The van der Waals surface area contributed by atoms with E-state index in [0.717, 1.165) is 17.9 Å². The van der Waals surface area contributed by atoms with Crippen LogP contribution in [0, 0.1) is 11.7 Å². The van der Waals surface area contributed by atoms with Gasteiger partial charge < -0.3 is 0 Å². The van der Waals surface area contributed by atoms with Crippen molar-refractivity contribution in [2.45, 2.75) is 34.1 Å². The summed E-state index contributed by atoms with van der Waals surface area (Å²) in [6.07, 6.45) is 0.862. The number of benzene rings is 1. The lowest BCUT2D eigenvalue weighted by Gasteiger charge is -2.05. The van der Waals surface area contributed by atoms with Gasteiger partial charge in [-0.05, 0) is 31.3 Å². The van der Waals surface area contributed by atoms with E-state index in [9.17, 15) is 0 Å². The fourth-order valence-electron chi connectivity index (χ4n) is 1.53. The van der Waals surface area contributed by atoms with Crippen molar-refractivity contribution in [2.75, 3.05) is 0 Å². The van der Waals surface area contributed by atoms with Gasteiger partial charge in [0.25, 0.3) is 0 Å². The lowest BCUT2D eigenvalue weighted by molar-refractivity contribution is 0.880. The second-order valence-electron chi connectivity index (χ2n) is 3.47. The fraction of sp³-hybridized carbons (Fsp3) is 0.385. The first-order valence-corrected chi connectivity index (χ1v) is 6.36. The molecule has 17 heavy (non-hydrogen) atoms. The van der Waals surface area contributed by atoms with Gasteiger partial charge in [-0.3, -0.25) is 9.67 Å². The van der Waals surface area contributed by atoms with Crippen LogP contribution in [0.2, 0.25) is 0 Å². The highest BCUT2D eigenvalue weighted by Gasteiger charge is 2.05. The van der Waals surface area contributed by atoms with E-state index >= 15 is 0 Å². The Bertz CT molecular complexity index is 508. The molecule has 0 aliphatic heterocycles. The molecule has 0 saturated carbocycles. The van der Waals surface area contributed by atoms with Gasteiger partial charge in [0.15, 0.2) is 4.77 Å². The quantitative estimate of drug-likeness (QED) is 0.821. The lowest BCUT2D eigenvalue weighted by atomic mass is 10.2. The van der Waals surface area contributed by atoms with Gasteiger partial charge in [0.05, 0.1) is 0 Å². The highest BCUT2D eigenvalue weighted by Crippen LogP contribution is 2.12. The number of hydrogen-bond acceptors (Lipinski definition) is 2. The van der Waals surface area contributed by atoms with E-state index in [1.165, 1.54) is 5.56 Å². The summed E-state index contributed by atoms with van der Waals surface area (Å²) in [7, 11) is 0. The first kappa shape index (κ1) is 13.6. The molecule has 0 fully saturated rings. The average Bonchev–Trinajstić information content (AvgIpc) is 2.74. The van der Waals surface area contributed by atoms with Crippen molar-refractivity contribution < 1.29 is 0 Å². The van der Waals surface area contributed by atoms with Gasteiger partial charge in [-0.2, -0.15) is 5.10 Å². The summed E-state index contributed by atoms with van der Waals surface area (Å²) in [5.41, 5.74) is 2.31. The van der Waals surface area contributed by atoms with Gasteiger partial charge in [0, 0.05) is 12.1 Å². The topological polar surface area (TPSA) is 33.6 Å². The SMILES string of the molecule is CC.CCc1n[nH]c(=S)n1-c1ccc(C)cc1. The van der Waals surface area contributed by atoms with Crippen LogP contribution in [0.15, 0.2) is 24.3 Å². The minimum atomic E-state index is 0.649. The van der Waals surface area contributed by atoms with Crippen LogP contribution in [-0.2, 0) is 6.42 Å². The largest absolute Gasteiger partial charge is 0.272 e. The molecule has 0 atom stereocenters. The summed E-state index contributed by atoms with van der Waals surface area (Å²) >= 11 is 5.20. The molecule has 2 aromatic rings. The van der Waals surface area contributed by atoms with Crippen molar-refractivity contribution in [3.63, 3.8) is 0 Å². The molecule has 0 aliphatic carbocycles. The first-order chi connectivity index (χ1) is 8.22. The number of nitrogens with zero attached hydrogens (tertiary/aromatic N) is 2. The third-order valence-electron chi connectivity index (χ3n) is 2.35. The Morgan fingerprint density at radius 2 is 1.82 bits per heavy atom. The number of H-pyrrole nitrogens is 1. The van der Waals surface area contributed by atoms with Crippen LogP contribution in [-0.4, -0.2) is 14.8 Å². The molecule has 0 spiro atoms. The van der Waals surface area contributed by atoms with Crippen LogP contribution in [0.25, 0.3) is 5.69 Å². The number of aryl methyl sites for hydroxylation is 2. The Kier molecular flexibility index (Phi) is 5.10. The van der Waals surface area contributed by atoms with Crippen molar-refractivity contribution in [1.29, 1.82) is 0 Å². The van der Waals surface area contributed by atoms with E-state index < -0.39 is 0 Å². The van der Waals surface area contributed by atoms with Gasteiger partial charge in [0.2, 0.25) is 0 Å². The zero-order valence-electron chi connectivity index (χ0n) is 10.8. The smallest absolute Gasteiger partial charge is 0.199 e. The molecule has 1 N–H and O–H groups in total. The molecule has 2 rings (SSSR count). The molecule has 0 unspecified atom stereocenters. The predicted octanol–water partition coefficient (Wildman–Crippen LogP) is 3.83. The van der Waals surface area contributed by atoms with Crippen molar-refractivity contribution in [2.24, 2.45) is 0 Å². The number of nitrogens with one attached hydrogen (secondary N) is 1. The zero-order chi connectivity index (χ0) is 12.8. The van der Waals surface area contributed by atoms with E-state index in [1.807, 2.05) is 18.4 Å². The van der Waals surface area contributed by atoms with Gasteiger partial charge in [-0.25, -0.2) is 0 Å². The Morgan fingerprint density at radius 3 is 2.35 bits per heavy atom. The molecule has 1 aromatic carbocycles. The van der Waals surface area contributed by atoms with Gasteiger partial charge in [0.1, 0.15) is 5.82 Å². The second-order valence-corrected chi connectivity index (χ2v) is 3.86. The summed E-state index contributed by atoms with van der Waals surface area (Å²) < 4.78 is 2.62. The Balaban J connectivity index is 0.000000686. The molecule has 0 amide bonds. The van der Waals surface area contributed by atoms with Gasteiger partial charge >= 0.3 is 0 Å². The highest BCUT2D eigenvalue weighted by atomic mass is 32.1. The molecule has 92 valence electrons. The van der Waals surface area contributed by atoms with E-state index in [0.29, 0.717) is 4.77 Å². The van der Waals surface area contributed by atoms with E-state index in [1.54, 1.807) is 0 Å². The Morgan fingerprint density at radius 1 is 1.24 bits per heavy atom. The van der Waals surface area contributed by atoms with Crippen molar-refractivity contribution in [3.8, 4) is 5.69 Å². The number of rotatable bonds is 2. The van der Waals surface area contributed by atoms with Crippen LogP contribution in [0.4, 0.5) is 0 Å². The van der Waals surface area contributed by atoms with Crippen LogP contribution in [0.5, 0.6) is 0 Å². The summed E-state index contributed by atoms with van der Waals surface area (Å²) in [5.74, 6) is 0.962. The fourth-order valence-corrected chi connectivity index (χ4v) is 1.78. The summed E-state index contributed by atoms with van der Waals surface area (Å²) in [4.78, 5) is 0. The normalized spacial score (nSPS) is 9.65. The van der Waals surface area contributed by atoms with Gasteiger partial charge in [-0.15, -0.1) is 0 Å². The molecule has 1 heterocycles. The van der Waals surface area contributed by atoms with Crippen molar-refractivity contribution in [1.82, 2.24) is 14.8 Å². The Hall–Kier alpha value is -1.42. The lowest BCUT2D eigenvalue weighted by Crippen LogP contribution is -1.99. The van der Waals surface area contributed by atoms with Crippen molar-refractivity contribution >= 4 is 12.2 Å². The minimum absolute atomic E-state index is 0.649. The molecule has 0 bridgehead atoms. The maximum atomic E-state index is 5.20. The molecular weight excluding hydrogens is 230 g/mol. The van der Waals surface area contributed by atoms with Crippen LogP contribution < -0.4 is 0 Å². The summed E-state index contributed by atoms with van der Waals surface area (Å²) in [6.45, 7) is 8.13. The molecule has 3 nitrogen and oxygen atoms in total. The monoisotopic (exact) mass is 249 g/mol. The summed E-state index contributed by atoms with van der Waals surface area (Å²) in [5, 5.41) is 7.00. The number of aromatic nitrogens is 3. The molecule has 4 heteroatoms. The zero-order valence-corrected chi connectivity index (χ0v) is 11.6. The minimum Gasteiger partial charge on any atom is -0.272 e. The molecule has 0 aliphatic rings. The highest BCUT2D eigenvalue weighted by molar-refractivity contribution is 7.71. The summed E-state index contributed by atoms with van der Waals surface area (Å²) in [6, 6.07) is 8.26. The number of aromatic amines is 1.